The molecule has 0 aromatic carbocycles. The Kier molecular flexibility index (Phi) is 19.7. The van der Waals surface area contributed by atoms with Crippen LogP contribution in [0.4, 0.5) is 0 Å². The monoisotopic (exact) mass is 489 g/mol. The zero-order valence-electron chi connectivity index (χ0n) is 22.9. The van der Waals surface area contributed by atoms with E-state index in [4.69, 9.17) is 5.73 Å². The van der Waals surface area contributed by atoms with E-state index >= 15 is 0 Å². The molecule has 0 aromatic heterocycles. The molecule has 35 heavy (non-hydrogen) atoms. The Balaban J connectivity index is 1.90. The van der Waals surface area contributed by atoms with E-state index in [9.17, 15) is 9.90 Å². The van der Waals surface area contributed by atoms with Gasteiger partial charge in [-0.25, -0.2) is 9.48 Å². The largest absolute Gasteiger partial charge is 0.544 e. The number of carboxylic acids is 1. The minimum absolute atomic E-state index is 0.0749. The highest BCUT2D eigenvalue weighted by atomic mass is 16.4. The van der Waals surface area contributed by atoms with Gasteiger partial charge in [0.05, 0.1) is 12.2 Å². The van der Waals surface area contributed by atoms with Crippen molar-refractivity contribution in [2.24, 2.45) is 10.7 Å². The van der Waals surface area contributed by atoms with Gasteiger partial charge in [0.15, 0.2) is 0 Å². The van der Waals surface area contributed by atoms with Crippen molar-refractivity contribution in [1.29, 1.82) is 0 Å². The summed E-state index contributed by atoms with van der Waals surface area (Å²) in [5.74, 6) is -0.144. The van der Waals surface area contributed by atoms with Gasteiger partial charge in [-0.1, -0.05) is 109 Å². The molecular formula is C30H55N3O2. The van der Waals surface area contributed by atoms with Crippen molar-refractivity contribution in [3.63, 3.8) is 0 Å². The van der Waals surface area contributed by atoms with E-state index in [0.717, 1.165) is 31.5 Å². The van der Waals surface area contributed by atoms with Gasteiger partial charge in [0.1, 0.15) is 19.3 Å². The number of allylic oxidation sites excluding steroid dienone is 2. The van der Waals surface area contributed by atoms with Crippen LogP contribution in [0.25, 0.3) is 0 Å². The maximum absolute atomic E-state index is 11.2. The van der Waals surface area contributed by atoms with Gasteiger partial charge in [-0.15, -0.1) is 0 Å². The minimum Gasteiger partial charge on any atom is -0.544 e. The number of rotatable bonds is 25. The molecule has 1 aliphatic heterocycles. The quantitative estimate of drug-likeness (QED) is 0.0872. The van der Waals surface area contributed by atoms with Crippen molar-refractivity contribution in [2.75, 3.05) is 19.6 Å². The Morgan fingerprint density at radius 2 is 1.31 bits per heavy atom. The number of aliphatic carboxylic acids is 1. The summed E-state index contributed by atoms with van der Waals surface area (Å²) in [6.45, 7) is 3.20. The number of unbranched alkanes of at least 4 members (excludes halogenated alkanes) is 17. The summed E-state index contributed by atoms with van der Waals surface area (Å²) >= 11 is 0. The Morgan fingerprint density at radius 1 is 0.829 bits per heavy atom. The van der Waals surface area contributed by atoms with E-state index in [1.54, 1.807) is 6.20 Å². The van der Waals surface area contributed by atoms with Crippen LogP contribution < -0.4 is 10.8 Å². The summed E-state index contributed by atoms with van der Waals surface area (Å²) in [6, 6.07) is 0. The summed E-state index contributed by atoms with van der Waals surface area (Å²) in [5.41, 5.74) is 5.72. The summed E-state index contributed by atoms with van der Waals surface area (Å²) in [4.78, 5) is 15.6. The van der Waals surface area contributed by atoms with Crippen LogP contribution in [-0.4, -0.2) is 35.9 Å². The third-order valence-electron chi connectivity index (χ3n) is 7.19. The highest BCUT2D eigenvalue weighted by Crippen LogP contribution is 2.21. The van der Waals surface area contributed by atoms with Crippen molar-refractivity contribution >= 4 is 11.8 Å². The number of amidine groups is 1. The first-order chi connectivity index (χ1) is 17.1. The van der Waals surface area contributed by atoms with Gasteiger partial charge in [0, 0.05) is 13.0 Å². The first-order valence-electron chi connectivity index (χ1n) is 14.8. The lowest BCUT2D eigenvalue weighted by Gasteiger charge is -2.32. The summed E-state index contributed by atoms with van der Waals surface area (Å²) in [6.07, 6.45) is 34.5. The molecule has 1 rings (SSSR count). The van der Waals surface area contributed by atoms with E-state index in [1.807, 2.05) is 6.20 Å². The maximum Gasteiger partial charge on any atom is 0.207 e. The Labute approximate surface area is 216 Å². The number of carbonyl (C=O) groups is 1. The van der Waals surface area contributed by atoms with Gasteiger partial charge >= 0.3 is 0 Å². The van der Waals surface area contributed by atoms with Crippen LogP contribution >= 0.6 is 0 Å². The van der Waals surface area contributed by atoms with Crippen LogP contribution in [0.2, 0.25) is 0 Å². The fourth-order valence-corrected chi connectivity index (χ4v) is 5.04. The van der Waals surface area contributed by atoms with Gasteiger partial charge in [0.25, 0.3) is 0 Å². The molecule has 0 aliphatic carbocycles. The number of hydrogen-bond donors (Lipinski definition) is 1. The summed E-state index contributed by atoms with van der Waals surface area (Å²) < 4.78 is 0.234. The number of quaternary nitrogens is 1. The number of hydrogen-bond acceptors (Lipinski definition) is 4. The normalized spacial score (nSPS) is 17.5. The highest BCUT2D eigenvalue weighted by molar-refractivity contribution is 5.80. The lowest BCUT2D eigenvalue weighted by atomic mass is 10.0. The van der Waals surface area contributed by atoms with E-state index in [1.165, 1.54) is 103 Å². The lowest BCUT2D eigenvalue weighted by Crippen LogP contribution is -2.55. The Morgan fingerprint density at radius 3 is 1.80 bits per heavy atom. The van der Waals surface area contributed by atoms with Gasteiger partial charge < -0.3 is 15.6 Å². The molecule has 5 nitrogen and oxygen atoms in total. The summed E-state index contributed by atoms with van der Waals surface area (Å²) in [5, 5.41) is 11.2. The number of aliphatic imine (C=N–C) groups is 1. The molecule has 1 unspecified atom stereocenters. The molecular weight excluding hydrogens is 434 g/mol. The van der Waals surface area contributed by atoms with Crippen LogP contribution in [-0.2, 0) is 4.79 Å². The van der Waals surface area contributed by atoms with Crippen molar-refractivity contribution in [1.82, 2.24) is 0 Å². The molecule has 1 atom stereocenters. The minimum atomic E-state index is -1.05. The SMILES string of the molecule is CCCCCCCCCCCCCCCC/C=C/CCCCCC1=NC=C[N+]1(CCN)CC(=O)[O-]. The molecule has 0 radical (unpaired) electrons. The molecule has 2 N–H and O–H groups in total. The molecule has 0 fully saturated rings. The van der Waals surface area contributed by atoms with E-state index in [2.05, 4.69) is 24.1 Å². The zero-order valence-corrected chi connectivity index (χ0v) is 22.9. The van der Waals surface area contributed by atoms with Crippen molar-refractivity contribution in [3.8, 4) is 0 Å². The van der Waals surface area contributed by atoms with E-state index < -0.39 is 5.97 Å². The average molecular weight is 490 g/mol. The Bertz CT molecular complexity index is 615. The second-order valence-corrected chi connectivity index (χ2v) is 10.4. The fraction of sp³-hybridized carbons (Fsp3) is 0.800. The third kappa shape index (κ3) is 16.0. The smallest absolute Gasteiger partial charge is 0.207 e. The lowest BCUT2D eigenvalue weighted by molar-refractivity contribution is -0.780. The number of carboxylic acid groups (broad SMARTS) is 1. The first kappa shape index (κ1) is 31.6. The van der Waals surface area contributed by atoms with Gasteiger partial charge in [-0.2, -0.15) is 0 Å². The van der Waals surface area contributed by atoms with Crippen LogP contribution in [0.1, 0.15) is 135 Å². The van der Waals surface area contributed by atoms with Crippen LogP contribution in [0.3, 0.4) is 0 Å². The molecule has 1 aliphatic rings. The predicted octanol–water partition coefficient (Wildman–Crippen LogP) is 6.77. The molecule has 0 spiro atoms. The molecule has 0 aromatic rings. The van der Waals surface area contributed by atoms with Crippen LogP contribution in [0, 0.1) is 0 Å². The second-order valence-electron chi connectivity index (χ2n) is 10.4. The van der Waals surface area contributed by atoms with Gasteiger partial charge in [0.2, 0.25) is 5.84 Å². The zero-order chi connectivity index (χ0) is 25.5. The van der Waals surface area contributed by atoms with Gasteiger partial charge in [-0.3, -0.25) is 0 Å². The van der Waals surface area contributed by atoms with Crippen molar-refractivity contribution < 1.29 is 14.4 Å². The predicted molar refractivity (Wildman–Crippen MR) is 148 cm³/mol. The number of nitrogens with zero attached hydrogens (tertiary/aromatic N) is 2. The average Bonchev–Trinajstić information content (AvgIpc) is 3.21. The Hall–Kier alpha value is -1.46. The second kappa shape index (κ2) is 21.8. The number of nitrogens with two attached hydrogens (primary N) is 1. The first-order valence-corrected chi connectivity index (χ1v) is 14.8. The van der Waals surface area contributed by atoms with Crippen molar-refractivity contribution in [3.05, 3.63) is 24.6 Å². The maximum atomic E-state index is 11.2. The van der Waals surface area contributed by atoms with Gasteiger partial charge in [-0.05, 0) is 32.1 Å². The molecule has 202 valence electrons. The molecule has 0 saturated carbocycles. The molecule has 0 amide bonds. The molecule has 0 bridgehead atoms. The molecule has 5 heteroatoms. The number of carbonyl (C=O) groups excluding carboxylic acids is 1. The molecule has 0 saturated heterocycles. The van der Waals surface area contributed by atoms with Crippen molar-refractivity contribution in [2.45, 2.75) is 135 Å². The van der Waals surface area contributed by atoms with Crippen LogP contribution in [0.15, 0.2) is 29.5 Å². The topological polar surface area (TPSA) is 78.5 Å². The highest BCUT2D eigenvalue weighted by Gasteiger charge is 2.34. The standard InChI is InChI=1S/C30H55N3O2/c1-2-3-4-5-6-7-8-9-10-11-12-13-14-15-16-17-18-19-20-21-22-23-29-32-25-27-33(29,26-24-31)28-30(34)35/h17-18,25,27H,2-16,19-24,26,28,31H2,1H3/b18-17+. The fourth-order valence-electron chi connectivity index (χ4n) is 5.04. The summed E-state index contributed by atoms with van der Waals surface area (Å²) in [7, 11) is 0. The van der Waals surface area contributed by atoms with E-state index in [0.29, 0.717) is 13.1 Å². The van der Waals surface area contributed by atoms with E-state index in [-0.39, 0.29) is 11.0 Å². The molecule has 1 heterocycles. The van der Waals surface area contributed by atoms with Crippen LogP contribution in [0.5, 0.6) is 0 Å². The third-order valence-corrected chi connectivity index (χ3v) is 7.19.